The Morgan fingerprint density at radius 1 is 0.743 bits per heavy atom. The van der Waals surface area contributed by atoms with Crippen molar-refractivity contribution in [2.45, 2.75) is 6.85 Å². The average Bonchev–Trinajstić information content (AvgIpc) is 3.29. The lowest BCUT2D eigenvalue weighted by Crippen LogP contribution is -1.88. The van der Waals surface area contributed by atoms with Gasteiger partial charge in [-0.15, -0.1) is 0 Å². The van der Waals surface area contributed by atoms with Crippen LogP contribution < -0.4 is 4.74 Å². The van der Waals surface area contributed by atoms with Crippen LogP contribution in [0.15, 0.2) is 108 Å². The molecule has 0 amide bonds. The molecule has 3 aromatic heterocycles. The molecule has 0 aliphatic carbocycles. The van der Waals surface area contributed by atoms with E-state index in [1.165, 1.54) is 6.20 Å². The van der Waals surface area contributed by atoms with Crippen LogP contribution >= 0.6 is 0 Å². The molecule has 35 heavy (non-hydrogen) atoms. The molecule has 4 nitrogen and oxygen atoms in total. The highest BCUT2D eigenvalue weighted by molar-refractivity contribution is 6.12. The van der Waals surface area contributed by atoms with E-state index in [0.717, 1.165) is 43.6 Å². The first kappa shape index (κ1) is 16.8. The van der Waals surface area contributed by atoms with Gasteiger partial charge in [-0.2, -0.15) is 0 Å². The average molecular weight is 456 g/mol. The lowest BCUT2D eigenvalue weighted by atomic mass is 10.0. The summed E-state index contributed by atoms with van der Waals surface area (Å²) in [6.07, 6.45) is 1.40. The first-order valence-corrected chi connectivity index (χ1v) is 11.3. The zero-order valence-electron chi connectivity index (χ0n) is 21.5. The van der Waals surface area contributed by atoms with Gasteiger partial charge in [0.05, 0.1) is 11.2 Å². The molecule has 0 unspecified atom stereocenters. The first-order chi connectivity index (χ1) is 18.4. The van der Waals surface area contributed by atoms with Gasteiger partial charge in [0.25, 0.3) is 0 Å². The Morgan fingerprint density at radius 2 is 1.63 bits per heavy atom. The van der Waals surface area contributed by atoms with E-state index in [2.05, 4.69) is 23.2 Å². The molecule has 166 valence electrons. The van der Waals surface area contributed by atoms with Gasteiger partial charge in [0.15, 0.2) is 0 Å². The summed E-state index contributed by atoms with van der Waals surface area (Å²) in [5, 5.41) is 5.11. The molecule has 0 spiro atoms. The van der Waals surface area contributed by atoms with Crippen LogP contribution in [0, 0.1) is 6.85 Å². The number of aryl methyl sites for hydroxylation is 1. The molecule has 0 aliphatic rings. The van der Waals surface area contributed by atoms with Gasteiger partial charge in [0.2, 0.25) is 5.71 Å². The molecule has 7 rings (SSSR count). The Balaban J connectivity index is 1.26. The number of hydrogen-bond donors (Lipinski definition) is 0. The maximum Gasteiger partial charge on any atom is 0.227 e. The monoisotopic (exact) mass is 455 g/mol. The second kappa shape index (κ2) is 7.67. The van der Waals surface area contributed by atoms with Crippen molar-refractivity contribution in [1.82, 2.24) is 9.97 Å². The molecular formula is C31H20N2O2. The highest BCUT2D eigenvalue weighted by atomic mass is 16.5. The third-order valence-corrected chi connectivity index (χ3v) is 6.25. The summed E-state index contributed by atoms with van der Waals surface area (Å²) in [6, 6.07) is 31.1. The van der Waals surface area contributed by atoms with Crippen LogP contribution in [-0.4, -0.2) is 9.97 Å². The Labute approximate surface area is 205 Å². The number of nitrogens with zero attached hydrogens (tertiary/aromatic N) is 2. The number of hydrogen-bond acceptors (Lipinski definition) is 4. The molecule has 0 fully saturated rings. The van der Waals surface area contributed by atoms with E-state index >= 15 is 0 Å². The second-order valence-corrected chi connectivity index (χ2v) is 8.52. The van der Waals surface area contributed by atoms with Crippen LogP contribution in [0.5, 0.6) is 11.5 Å². The van der Waals surface area contributed by atoms with E-state index in [1.54, 1.807) is 12.1 Å². The highest BCUT2D eigenvalue weighted by Gasteiger charge is 2.12. The minimum Gasteiger partial charge on any atom is -0.457 e. The fourth-order valence-corrected chi connectivity index (χ4v) is 4.56. The van der Waals surface area contributed by atoms with E-state index in [1.807, 2.05) is 66.7 Å². The Hall–Kier alpha value is -4.70. The van der Waals surface area contributed by atoms with Crippen LogP contribution in [0.4, 0.5) is 0 Å². The molecule has 4 aromatic carbocycles. The number of aromatic nitrogens is 2. The van der Waals surface area contributed by atoms with Crippen molar-refractivity contribution in [3.05, 3.63) is 109 Å². The van der Waals surface area contributed by atoms with Crippen molar-refractivity contribution in [2.24, 2.45) is 0 Å². The fourth-order valence-electron chi connectivity index (χ4n) is 4.56. The molecule has 0 radical (unpaired) electrons. The zero-order chi connectivity index (χ0) is 25.9. The van der Waals surface area contributed by atoms with Crippen LogP contribution in [0.25, 0.3) is 55.0 Å². The van der Waals surface area contributed by atoms with Crippen molar-refractivity contribution in [3.8, 4) is 22.8 Å². The largest absolute Gasteiger partial charge is 0.457 e. The van der Waals surface area contributed by atoms with Crippen LogP contribution in [-0.2, 0) is 0 Å². The standard InChI is InChI=1S/C31H20N2O2/c1-19-9-14-28(32-18-19)21-5-4-6-23(15-21)34-24-13-12-20-10-11-22-16-27-25-7-2-3-8-29(25)35-31(27)33-30(22)26(20)17-24/h2-18H,1H3/i1D3. The molecule has 0 bridgehead atoms. The maximum atomic E-state index is 7.54. The van der Waals surface area contributed by atoms with Gasteiger partial charge in [-0.05, 0) is 60.3 Å². The summed E-state index contributed by atoms with van der Waals surface area (Å²) in [5.41, 5.74) is 4.01. The molecule has 0 aliphatic heterocycles. The summed E-state index contributed by atoms with van der Waals surface area (Å²) in [5.74, 6) is 1.33. The maximum absolute atomic E-state index is 7.54. The molecule has 0 N–H and O–H groups in total. The number of benzene rings is 4. The molecule has 0 atom stereocenters. The minimum absolute atomic E-state index is 0.213. The molecule has 3 heterocycles. The predicted octanol–water partition coefficient (Wildman–Crippen LogP) is 8.45. The smallest absolute Gasteiger partial charge is 0.227 e. The van der Waals surface area contributed by atoms with Gasteiger partial charge >= 0.3 is 0 Å². The van der Waals surface area contributed by atoms with E-state index < -0.39 is 6.85 Å². The topological polar surface area (TPSA) is 48.2 Å². The molecule has 4 heteroatoms. The summed E-state index contributed by atoms with van der Waals surface area (Å²) >= 11 is 0. The van der Waals surface area contributed by atoms with Crippen LogP contribution in [0.3, 0.4) is 0 Å². The number of ether oxygens (including phenoxy) is 1. The zero-order valence-corrected chi connectivity index (χ0v) is 18.5. The minimum atomic E-state index is -2.18. The van der Waals surface area contributed by atoms with Gasteiger partial charge in [-0.3, -0.25) is 4.98 Å². The number of fused-ring (bicyclic) bond motifs is 6. The van der Waals surface area contributed by atoms with Gasteiger partial charge in [-0.25, -0.2) is 4.98 Å². The Morgan fingerprint density at radius 3 is 2.54 bits per heavy atom. The van der Waals surface area contributed by atoms with E-state index in [9.17, 15) is 0 Å². The van der Waals surface area contributed by atoms with E-state index in [4.69, 9.17) is 18.3 Å². The summed E-state index contributed by atoms with van der Waals surface area (Å²) in [4.78, 5) is 9.25. The number of furan rings is 1. The third kappa shape index (κ3) is 3.39. The molecule has 0 saturated carbocycles. The highest BCUT2D eigenvalue weighted by Crippen LogP contribution is 2.35. The second-order valence-electron chi connectivity index (χ2n) is 8.52. The van der Waals surface area contributed by atoms with Crippen molar-refractivity contribution in [1.29, 1.82) is 0 Å². The van der Waals surface area contributed by atoms with Crippen molar-refractivity contribution in [3.63, 3.8) is 0 Å². The molecular weight excluding hydrogens is 432 g/mol. The van der Waals surface area contributed by atoms with E-state index in [-0.39, 0.29) is 5.56 Å². The normalized spacial score (nSPS) is 13.2. The Kier molecular flexibility index (Phi) is 3.69. The fraction of sp³-hybridized carbons (Fsp3) is 0.0323. The van der Waals surface area contributed by atoms with Gasteiger partial charge < -0.3 is 9.15 Å². The molecule has 0 saturated heterocycles. The van der Waals surface area contributed by atoms with Crippen molar-refractivity contribution < 1.29 is 13.3 Å². The predicted molar refractivity (Wildman–Crippen MR) is 141 cm³/mol. The van der Waals surface area contributed by atoms with Gasteiger partial charge in [0.1, 0.15) is 17.1 Å². The van der Waals surface area contributed by atoms with Gasteiger partial charge in [-0.1, -0.05) is 54.6 Å². The number of pyridine rings is 2. The summed E-state index contributed by atoms with van der Waals surface area (Å²) < 4.78 is 34.9. The lowest BCUT2D eigenvalue weighted by Gasteiger charge is -2.10. The SMILES string of the molecule is [2H]C([2H])([2H])c1ccc(-c2cccc(Oc3ccc4ccc5cc6c(nc5c4c3)oc3ccccc36)c2)nc1. The first-order valence-electron chi connectivity index (χ1n) is 12.8. The number of para-hydroxylation sites is 1. The summed E-state index contributed by atoms with van der Waals surface area (Å²) in [6.45, 7) is -2.18. The van der Waals surface area contributed by atoms with Crippen molar-refractivity contribution >= 4 is 43.7 Å². The lowest BCUT2D eigenvalue weighted by molar-refractivity contribution is 0.483. The Bertz CT molecular complexity index is 1990. The van der Waals surface area contributed by atoms with Crippen LogP contribution in [0.2, 0.25) is 0 Å². The van der Waals surface area contributed by atoms with Crippen molar-refractivity contribution in [2.75, 3.05) is 0 Å². The van der Waals surface area contributed by atoms with Gasteiger partial charge in [0, 0.05) is 37.4 Å². The van der Waals surface area contributed by atoms with E-state index in [0.29, 0.717) is 22.9 Å². The third-order valence-electron chi connectivity index (χ3n) is 6.25. The summed E-state index contributed by atoms with van der Waals surface area (Å²) in [7, 11) is 0. The molecule has 7 aromatic rings. The number of rotatable bonds is 3. The van der Waals surface area contributed by atoms with Crippen LogP contribution in [0.1, 0.15) is 9.68 Å². The quantitative estimate of drug-likeness (QED) is 0.251.